The molecular formula is C14H25ClN2O3. The standard InChI is InChI=1S/C14H24N2O3.ClH/c1-12(2,3)19-11(17)16-8-13(9-16)6-14(7-13)4-10(15)5-18-14;/h10H,4-9,15H2,1-3H3;1H. The molecule has 1 atom stereocenters. The monoisotopic (exact) mass is 304 g/mol. The van der Waals surface area contributed by atoms with Gasteiger partial charge in [0.1, 0.15) is 5.60 Å². The third-order valence-electron chi connectivity index (χ3n) is 4.34. The molecule has 1 aliphatic carbocycles. The van der Waals surface area contributed by atoms with Crippen LogP contribution in [0.25, 0.3) is 0 Å². The highest BCUT2D eigenvalue weighted by Gasteiger charge is 2.63. The van der Waals surface area contributed by atoms with Crippen LogP contribution in [0.4, 0.5) is 4.79 Å². The largest absolute Gasteiger partial charge is 0.444 e. The van der Waals surface area contributed by atoms with Gasteiger partial charge in [-0.1, -0.05) is 0 Å². The molecule has 6 heteroatoms. The molecule has 116 valence electrons. The average Bonchev–Trinajstić information content (AvgIpc) is 2.50. The molecule has 1 unspecified atom stereocenters. The summed E-state index contributed by atoms with van der Waals surface area (Å²) in [4.78, 5) is 13.7. The van der Waals surface area contributed by atoms with Crippen LogP contribution < -0.4 is 5.73 Å². The maximum atomic E-state index is 11.9. The molecule has 3 rings (SSSR count). The van der Waals surface area contributed by atoms with Crippen molar-refractivity contribution >= 4 is 18.5 Å². The smallest absolute Gasteiger partial charge is 0.410 e. The van der Waals surface area contributed by atoms with E-state index in [0.29, 0.717) is 6.61 Å². The molecule has 1 amide bonds. The number of carbonyl (C=O) groups excluding carboxylic acids is 1. The lowest BCUT2D eigenvalue weighted by molar-refractivity contribution is -0.189. The first-order chi connectivity index (χ1) is 8.71. The van der Waals surface area contributed by atoms with E-state index < -0.39 is 5.60 Å². The molecule has 3 aliphatic rings. The highest BCUT2D eigenvalue weighted by Crippen LogP contribution is 2.59. The summed E-state index contributed by atoms with van der Waals surface area (Å²) in [5, 5.41) is 0. The molecule has 3 fully saturated rings. The number of amides is 1. The van der Waals surface area contributed by atoms with E-state index in [-0.39, 0.29) is 35.6 Å². The Balaban J connectivity index is 0.00000147. The van der Waals surface area contributed by atoms with E-state index in [9.17, 15) is 4.79 Å². The van der Waals surface area contributed by atoms with Crippen LogP contribution in [0.5, 0.6) is 0 Å². The molecule has 0 aromatic carbocycles. The molecule has 2 N–H and O–H groups in total. The first-order valence-electron chi connectivity index (χ1n) is 7.09. The van der Waals surface area contributed by atoms with Crippen LogP contribution in [0.3, 0.4) is 0 Å². The number of halogens is 1. The normalized spacial score (nSPS) is 29.6. The number of ether oxygens (including phenoxy) is 2. The molecule has 20 heavy (non-hydrogen) atoms. The zero-order valence-electron chi connectivity index (χ0n) is 12.5. The van der Waals surface area contributed by atoms with Crippen LogP contribution in [-0.2, 0) is 9.47 Å². The predicted octanol–water partition coefficient (Wildman–Crippen LogP) is 1.93. The van der Waals surface area contributed by atoms with Gasteiger partial charge in [0.05, 0.1) is 12.2 Å². The number of likely N-dealkylation sites (tertiary alicyclic amines) is 1. The lowest BCUT2D eigenvalue weighted by Gasteiger charge is -2.62. The second-order valence-electron chi connectivity index (χ2n) is 7.65. The van der Waals surface area contributed by atoms with E-state index in [1.165, 1.54) is 0 Å². The number of nitrogens with zero attached hydrogens (tertiary/aromatic N) is 1. The van der Waals surface area contributed by atoms with E-state index in [4.69, 9.17) is 15.2 Å². The van der Waals surface area contributed by atoms with E-state index in [1.54, 1.807) is 4.90 Å². The molecule has 0 radical (unpaired) electrons. The summed E-state index contributed by atoms with van der Waals surface area (Å²) in [5.41, 5.74) is 5.79. The van der Waals surface area contributed by atoms with Crippen molar-refractivity contribution in [2.75, 3.05) is 19.7 Å². The molecule has 1 saturated carbocycles. The highest BCUT2D eigenvalue weighted by molar-refractivity contribution is 5.85. The van der Waals surface area contributed by atoms with E-state index >= 15 is 0 Å². The van der Waals surface area contributed by atoms with Crippen molar-refractivity contribution in [3.8, 4) is 0 Å². The first-order valence-corrected chi connectivity index (χ1v) is 7.09. The van der Waals surface area contributed by atoms with E-state index in [1.807, 2.05) is 20.8 Å². The minimum Gasteiger partial charge on any atom is -0.444 e. The van der Waals surface area contributed by atoms with Crippen molar-refractivity contribution in [2.45, 2.75) is 57.3 Å². The van der Waals surface area contributed by atoms with Gasteiger partial charge in [-0.15, -0.1) is 12.4 Å². The average molecular weight is 305 g/mol. The maximum absolute atomic E-state index is 11.9. The van der Waals surface area contributed by atoms with Gasteiger partial charge in [0.15, 0.2) is 0 Å². The number of hydrogen-bond donors (Lipinski definition) is 1. The van der Waals surface area contributed by atoms with Gasteiger partial charge in [0, 0.05) is 24.5 Å². The zero-order valence-corrected chi connectivity index (χ0v) is 13.3. The first kappa shape index (κ1) is 15.9. The number of nitrogens with two attached hydrogens (primary N) is 1. The number of rotatable bonds is 0. The van der Waals surface area contributed by atoms with E-state index in [2.05, 4.69) is 0 Å². The van der Waals surface area contributed by atoms with Gasteiger partial charge in [-0.3, -0.25) is 0 Å². The maximum Gasteiger partial charge on any atom is 0.410 e. The third-order valence-corrected chi connectivity index (χ3v) is 4.34. The second-order valence-corrected chi connectivity index (χ2v) is 7.65. The van der Waals surface area contributed by atoms with Crippen LogP contribution in [0.15, 0.2) is 0 Å². The predicted molar refractivity (Wildman–Crippen MR) is 78.0 cm³/mol. The Hall–Kier alpha value is -0.520. The molecular weight excluding hydrogens is 280 g/mol. The molecule has 0 aromatic rings. The van der Waals surface area contributed by atoms with Crippen molar-refractivity contribution < 1.29 is 14.3 Å². The van der Waals surface area contributed by atoms with Gasteiger partial charge in [-0.25, -0.2) is 4.79 Å². The molecule has 0 aromatic heterocycles. The van der Waals surface area contributed by atoms with Gasteiger partial charge in [-0.05, 0) is 40.0 Å². The lowest BCUT2D eigenvalue weighted by atomic mass is 9.54. The molecule has 2 heterocycles. The summed E-state index contributed by atoms with van der Waals surface area (Å²) < 4.78 is 11.2. The summed E-state index contributed by atoms with van der Waals surface area (Å²) in [6, 6.07) is 0.194. The Morgan fingerprint density at radius 3 is 2.40 bits per heavy atom. The Bertz CT molecular complexity index is 394. The van der Waals surface area contributed by atoms with Crippen molar-refractivity contribution in [1.82, 2.24) is 4.90 Å². The molecule has 2 aliphatic heterocycles. The molecule has 5 nitrogen and oxygen atoms in total. The van der Waals surface area contributed by atoms with Crippen molar-refractivity contribution in [3.63, 3.8) is 0 Å². The van der Waals surface area contributed by atoms with Crippen molar-refractivity contribution in [1.29, 1.82) is 0 Å². The highest BCUT2D eigenvalue weighted by atomic mass is 35.5. The van der Waals surface area contributed by atoms with Crippen LogP contribution in [0.1, 0.15) is 40.0 Å². The fourth-order valence-corrected chi connectivity index (χ4v) is 3.88. The van der Waals surface area contributed by atoms with Crippen LogP contribution in [0.2, 0.25) is 0 Å². The molecule has 2 saturated heterocycles. The SMILES string of the molecule is CC(C)(C)OC(=O)N1CC2(C1)CC1(CC(N)CO1)C2.Cl. The van der Waals surface area contributed by atoms with Crippen LogP contribution in [-0.4, -0.2) is 47.9 Å². The fourth-order valence-electron chi connectivity index (χ4n) is 3.88. The zero-order chi connectivity index (χ0) is 13.9. The third kappa shape index (κ3) is 2.76. The van der Waals surface area contributed by atoms with Gasteiger partial charge < -0.3 is 20.1 Å². The minimum atomic E-state index is -0.415. The van der Waals surface area contributed by atoms with Gasteiger partial charge >= 0.3 is 6.09 Å². The number of hydrogen-bond acceptors (Lipinski definition) is 4. The van der Waals surface area contributed by atoms with Crippen LogP contribution in [0, 0.1) is 5.41 Å². The molecule has 2 spiro atoms. The molecule has 0 bridgehead atoms. The van der Waals surface area contributed by atoms with E-state index in [0.717, 1.165) is 32.4 Å². The Kier molecular flexibility index (Phi) is 3.77. The Morgan fingerprint density at radius 2 is 1.95 bits per heavy atom. The summed E-state index contributed by atoms with van der Waals surface area (Å²) in [6.45, 7) is 7.99. The Labute approximate surface area is 126 Å². The fraction of sp³-hybridized carbons (Fsp3) is 0.929. The summed E-state index contributed by atoms with van der Waals surface area (Å²) in [7, 11) is 0. The van der Waals surface area contributed by atoms with Gasteiger partial charge in [-0.2, -0.15) is 0 Å². The van der Waals surface area contributed by atoms with Crippen LogP contribution >= 0.6 is 12.4 Å². The Morgan fingerprint density at radius 1 is 1.35 bits per heavy atom. The second kappa shape index (κ2) is 4.75. The number of carbonyl (C=O) groups is 1. The van der Waals surface area contributed by atoms with Gasteiger partial charge in [0.2, 0.25) is 0 Å². The van der Waals surface area contributed by atoms with Gasteiger partial charge in [0.25, 0.3) is 0 Å². The quantitative estimate of drug-likeness (QED) is 0.742. The summed E-state index contributed by atoms with van der Waals surface area (Å²) in [5.74, 6) is 0. The van der Waals surface area contributed by atoms with Crippen molar-refractivity contribution in [3.05, 3.63) is 0 Å². The topological polar surface area (TPSA) is 64.8 Å². The summed E-state index contributed by atoms with van der Waals surface area (Å²) in [6.07, 6.45) is 2.88. The summed E-state index contributed by atoms with van der Waals surface area (Å²) >= 11 is 0. The minimum absolute atomic E-state index is 0. The lowest BCUT2D eigenvalue weighted by Crippen LogP contribution is -2.69. The van der Waals surface area contributed by atoms with Crippen molar-refractivity contribution in [2.24, 2.45) is 11.1 Å².